The average Bonchev–Trinajstić information content (AvgIpc) is 2.77. The van der Waals surface area contributed by atoms with E-state index in [-0.39, 0.29) is 12.0 Å². The van der Waals surface area contributed by atoms with Gasteiger partial charge >= 0.3 is 0 Å². The van der Waals surface area contributed by atoms with Crippen LogP contribution in [0.25, 0.3) is 10.8 Å². The number of methoxy groups -OCH3 is 1. The summed E-state index contributed by atoms with van der Waals surface area (Å²) in [6, 6.07) is 20.1. The molecule has 0 bridgehead atoms. The van der Waals surface area contributed by atoms with E-state index < -0.39 is 0 Å². The van der Waals surface area contributed by atoms with Crippen molar-refractivity contribution in [1.29, 1.82) is 0 Å². The molecule has 1 amide bonds. The van der Waals surface area contributed by atoms with Crippen LogP contribution in [0.2, 0.25) is 0 Å². The number of rotatable bonds is 9. The Bertz CT molecular complexity index is 1030. The minimum Gasteiger partial charge on any atom is -0.493 e. The second-order valence-corrected chi connectivity index (χ2v) is 8.16. The number of ether oxygens (including phenoxy) is 2. The number of hydrogen-bond donors (Lipinski definition) is 1. The van der Waals surface area contributed by atoms with Crippen LogP contribution >= 0.6 is 0 Å². The number of carbonyl (C=O) groups is 1. The molecule has 0 aliphatic rings. The molecular weight excluding hydrogens is 388 g/mol. The lowest BCUT2D eigenvalue weighted by Gasteiger charge is -2.22. The molecule has 0 aliphatic carbocycles. The highest BCUT2D eigenvalue weighted by molar-refractivity contribution is 6.07. The predicted octanol–water partition coefficient (Wildman–Crippen LogP) is 4.89. The lowest BCUT2D eigenvalue weighted by atomic mass is 10.0. The number of benzene rings is 3. The van der Waals surface area contributed by atoms with Gasteiger partial charge in [-0.15, -0.1) is 0 Å². The Balaban J connectivity index is 1.66. The van der Waals surface area contributed by atoms with Crippen LogP contribution < -0.4 is 14.8 Å². The van der Waals surface area contributed by atoms with Gasteiger partial charge in [0.05, 0.1) is 13.7 Å². The zero-order chi connectivity index (χ0) is 22.4. The molecule has 0 aromatic heterocycles. The summed E-state index contributed by atoms with van der Waals surface area (Å²) < 4.78 is 11.6. The molecule has 3 aromatic rings. The van der Waals surface area contributed by atoms with Crippen molar-refractivity contribution >= 4 is 16.7 Å². The first-order chi connectivity index (χ1) is 14.9. The summed E-state index contributed by atoms with van der Waals surface area (Å²) in [4.78, 5) is 15.0. The van der Waals surface area contributed by atoms with E-state index in [1.807, 2.05) is 61.5 Å². The third kappa shape index (κ3) is 5.76. The minimum absolute atomic E-state index is 0.105. The maximum Gasteiger partial charge on any atom is 0.252 e. The zero-order valence-electron chi connectivity index (χ0n) is 19.0. The summed E-state index contributed by atoms with van der Waals surface area (Å²) in [5.74, 6) is 1.26. The van der Waals surface area contributed by atoms with Crippen LogP contribution in [0, 0.1) is 0 Å². The molecule has 3 aromatic carbocycles. The molecule has 0 radical (unpaired) electrons. The van der Waals surface area contributed by atoms with E-state index in [0.717, 1.165) is 22.9 Å². The highest BCUT2D eigenvalue weighted by Crippen LogP contribution is 2.29. The molecular formula is C26H32N2O3. The highest BCUT2D eigenvalue weighted by Gasteiger charge is 2.15. The van der Waals surface area contributed by atoms with Gasteiger partial charge in [-0.1, -0.05) is 42.5 Å². The van der Waals surface area contributed by atoms with E-state index >= 15 is 0 Å². The molecule has 1 N–H and O–H groups in total. The molecule has 164 valence electrons. The lowest BCUT2D eigenvalue weighted by molar-refractivity contribution is 0.0933. The Morgan fingerprint density at radius 1 is 1.00 bits per heavy atom. The minimum atomic E-state index is -0.217. The maximum absolute atomic E-state index is 12.8. The van der Waals surface area contributed by atoms with Crippen LogP contribution in [0.15, 0.2) is 60.7 Å². The molecule has 0 unspecified atom stereocenters. The molecule has 0 aliphatic heterocycles. The summed E-state index contributed by atoms with van der Waals surface area (Å²) in [7, 11) is 3.73. The van der Waals surface area contributed by atoms with Crippen molar-refractivity contribution in [2.45, 2.75) is 39.5 Å². The summed E-state index contributed by atoms with van der Waals surface area (Å²) >= 11 is 0. The topological polar surface area (TPSA) is 50.8 Å². The van der Waals surface area contributed by atoms with Crippen molar-refractivity contribution in [3.05, 3.63) is 71.8 Å². The Morgan fingerprint density at radius 3 is 2.48 bits per heavy atom. The summed E-state index contributed by atoms with van der Waals surface area (Å²) in [5, 5.41) is 4.99. The standard InChI is InChI=1S/C26H32N2O3/c1-18(2)28(4)17-20-13-14-24(30-5)25(15-20)31-19(3)16-27-26(29)23-12-8-10-21-9-6-7-11-22(21)23/h6-15,18-19H,16-17H2,1-5H3,(H,27,29)/t19-/m1/s1. The number of amides is 1. The molecule has 31 heavy (non-hydrogen) atoms. The van der Waals surface area contributed by atoms with Crippen molar-refractivity contribution in [2.75, 3.05) is 20.7 Å². The zero-order valence-corrected chi connectivity index (χ0v) is 19.0. The summed E-state index contributed by atoms with van der Waals surface area (Å²) in [5.41, 5.74) is 1.82. The van der Waals surface area contributed by atoms with Gasteiger partial charge in [0.15, 0.2) is 11.5 Å². The molecule has 0 saturated heterocycles. The van der Waals surface area contributed by atoms with Crippen molar-refractivity contribution in [2.24, 2.45) is 0 Å². The van der Waals surface area contributed by atoms with Gasteiger partial charge < -0.3 is 14.8 Å². The van der Waals surface area contributed by atoms with Gasteiger partial charge in [0.25, 0.3) is 5.91 Å². The van der Waals surface area contributed by atoms with Gasteiger partial charge in [0, 0.05) is 18.2 Å². The first kappa shape index (κ1) is 22.6. The van der Waals surface area contributed by atoms with Gasteiger partial charge in [0.1, 0.15) is 6.10 Å². The van der Waals surface area contributed by atoms with Crippen molar-refractivity contribution in [3.8, 4) is 11.5 Å². The fourth-order valence-corrected chi connectivity index (χ4v) is 3.40. The maximum atomic E-state index is 12.8. The molecule has 0 fully saturated rings. The Morgan fingerprint density at radius 2 is 1.74 bits per heavy atom. The monoisotopic (exact) mass is 420 g/mol. The Kier molecular flexibility index (Phi) is 7.53. The molecule has 5 nitrogen and oxygen atoms in total. The fourth-order valence-electron chi connectivity index (χ4n) is 3.40. The van der Waals surface area contributed by atoms with Gasteiger partial charge in [0.2, 0.25) is 0 Å². The normalized spacial score (nSPS) is 12.2. The van der Waals surface area contributed by atoms with Crippen molar-refractivity contribution in [1.82, 2.24) is 10.2 Å². The predicted molar refractivity (Wildman–Crippen MR) is 126 cm³/mol. The molecule has 0 saturated carbocycles. The second kappa shape index (κ2) is 10.3. The number of hydrogen-bond acceptors (Lipinski definition) is 4. The van der Waals surface area contributed by atoms with E-state index in [4.69, 9.17) is 9.47 Å². The SMILES string of the molecule is COc1ccc(CN(C)C(C)C)cc1O[C@H](C)CNC(=O)c1cccc2ccccc12. The van der Waals surface area contributed by atoms with E-state index in [2.05, 4.69) is 37.2 Å². The van der Waals surface area contributed by atoms with Crippen LogP contribution in [-0.4, -0.2) is 43.7 Å². The van der Waals surface area contributed by atoms with E-state index in [1.165, 1.54) is 0 Å². The quantitative estimate of drug-likeness (QED) is 0.536. The molecule has 0 heterocycles. The summed E-state index contributed by atoms with van der Waals surface area (Å²) in [6.07, 6.45) is -0.217. The van der Waals surface area contributed by atoms with E-state index in [0.29, 0.717) is 29.6 Å². The number of carbonyl (C=O) groups excluding carboxylic acids is 1. The van der Waals surface area contributed by atoms with Gasteiger partial charge in [-0.3, -0.25) is 9.69 Å². The molecule has 3 rings (SSSR count). The van der Waals surface area contributed by atoms with Crippen molar-refractivity contribution in [3.63, 3.8) is 0 Å². The van der Waals surface area contributed by atoms with Crippen molar-refractivity contribution < 1.29 is 14.3 Å². The average molecular weight is 421 g/mol. The smallest absolute Gasteiger partial charge is 0.252 e. The molecule has 5 heteroatoms. The van der Waals surface area contributed by atoms with Crippen LogP contribution in [0.4, 0.5) is 0 Å². The van der Waals surface area contributed by atoms with Gasteiger partial charge in [-0.05, 0) is 62.4 Å². The third-order valence-electron chi connectivity index (χ3n) is 5.45. The number of nitrogens with zero attached hydrogens (tertiary/aromatic N) is 1. The second-order valence-electron chi connectivity index (χ2n) is 8.16. The van der Waals surface area contributed by atoms with E-state index in [1.54, 1.807) is 7.11 Å². The largest absolute Gasteiger partial charge is 0.493 e. The first-order valence-corrected chi connectivity index (χ1v) is 10.7. The fraction of sp³-hybridized carbons (Fsp3) is 0.346. The van der Waals surface area contributed by atoms with Gasteiger partial charge in [-0.2, -0.15) is 0 Å². The number of fused-ring (bicyclic) bond motifs is 1. The van der Waals surface area contributed by atoms with E-state index in [9.17, 15) is 4.79 Å². The highest BCUT2D eigenvalue weighted by atomic mass is 16.5. The first-order valence-electron chi connectivity index (χ1n) is 10.7. The Hall–Kier alpha value is -3.05. The molecule has 0 spiro atoms. The Labute approximate surface area is 185 Å². The number of nitrogens with one attached hydrogen (secondary N) is 1. The van der Waals surface area contributed by atoms with Crippen LogP contribution in [-0.2, 0) is 6.54 Å². The lowest BCUT2D eigenvalue weighted by Crippen LogP contribution is -2.33. The molecule has 1 atom stereocenters. The van der Waals surface area contributed by atoms with Crippen LogP contribution in [0.5, 0.6) is 11.5 Å². The van der Waals surface area contributed by atoms with Crippen LogP contribution in [0.3, 0.4) is 0 Å². The third-order valence-corrected chi connectivity index (χ3v) is 5.45. The van der Waals surface area contributed by atoms with Crippen LogP contribution in [0.1, 0.15) is 36.7 Å². The van der Waals surface area contributed by atoms with Gasteiger partial charge in [-0.25, -0.2) is 0 Å². The summed E-state index contributed by atoms with van der Waals surface area (Å²) in [6.45, 7) is 7.49.